The molecule has 3 rings (SSSR count). The number of carbonyl (C=O) groups excluding carboxylic acids is 1. The molecule has 1 saturated heterocycles. The number of aromatic nitrogens is 2. The highest BCUT2D eigenvalue weighted by Crippen LogP contribution is 2.30. The van der Waals surface area contributed by atoms with Gasteiger partial charge in [0.15, 0.2) is 0 Å². The third-order valence-electron chi connectivity index (χ3n) is 3.74. The zero-order chi connectivity index (χ0) is 16.1. The standard InChI is InChI=1S/C16H17ClN4O2/c17-14-4-2-1-3-12(14)15-13(10-20-21-15)16(22)23-8-5-11-9-18-6-7-19-11/h1-4,6-7,9,13,15,20-21H,5,8,10H2. The molecule has 0 radical (unpaired) electrons. The second-order valence-electron chi connectivity index (χ2n) is 5.25. The number of hydrogen-bond acceptors (Lipinski definition) is 6. The van der Waals surface area contributed by atoms with Gasteiger partial charge in [-0.2, -0.15) is 0 Å². The Morgan fingerprint density at radius 2 is 2.22 bits per heavy atom. The molecule has 1 aromatic heterocycles. The highest BCUT2D eigenvalue weighted by molar-refractivity contribution is 6.31. The van der Waals surface area contributed by atoms with E-state index in [0.717, 1.165) is 11.3 Å². The van der Waals surface area contributed by atoms with Crippen LogP contribution in [0.3, 0.4) is 0 Å². The molecule has 0 spiro atoms. The van der Waals surface area contributed by atoms with Crippen LogP contribution in [0, 0.1) is 5.92 Å². The Bertz CT molecular complexity index is 668. The Balaban J connectivity index is 1.59. The summed E-state index contributed by atoms with van der Waals surface area (Å²) in [6.45, 7) is 0.781. The van der Waals surface area contributed by atoms with Crippen LogP contribution in [0.25, 0.3) is 0 Å². The number of carbonyl (C=O) groups is 1. The number of hydrazine groups is 1. The summed E-state index contributed by atoms with van der Waals surface area (Å²) in [6.07, 6.45) is 5.44. The Morgan fingerprint density at radius 3 is 3.00 bits per heavy atom. The number of nitrogens with zero attached hydrogens (tertiary/aromatic N) is 2. The first-order valence-corrected chi connectivity index (χ1v) is 7.78. The first-order chi connectivity index (χ1) is 11.3. The molecule has 2 unspecified atom stereocenters. The van der Waals surface area contributed by atoms with E-state index in [1.807, 2.05) is 24.3 Å². The van der Waals surface area contributed by atoms with Crippen molar-refractivity contribution in [1.82, 2.24) is 20.8 Å². The largest absolute Gasteiger partial charge is 0.465 e. The minimum Gasteiger partial charge on any atom is -0.465 e. The lowest BCUT2D eigenvalue weighted by atomic mass is 9.95. The smallest absolute Gasteiger partial charge is 0.312 e. The van der Waals surface area contributed by atoms with E-state index in [-0.39, 0.29) is 24.5 Å². The van der Waals surface area contributed by atoms with Crippen molar-refractivity contribution in [2.24, 2.45) is 5.92 Å². The van der Waals surface area contributed by atoms with Crippen molar-refractivity contribution in [1.29, 1.82) is 0 Å². The summed E-state index contributed by atoms with van der Waals surface area (Å²) in [5.41, 5.74) is 7.78. The third kappa shape index (κ3) is 3.85. The molecular formula is C16H17ClN4O2. The molecule has 1 aromatic carbocycles. The van der Waals surface area contributed by atoms with Crippen molar-refractivity contribution in [2.45, 2.75) is 12.5 Å². The second kappa shape index (κ2) is 7.50. The molecule has 2 aromatic rings. The van der Waals surface area contributed by atoms with E-state index in [1.54, 1.807) is 18.6 Å². The molecule has 0 bridgehead atoms. The molecule has 1 aliphatic rings. The van der Waals surface area contributed by atoms with Crippen molar-refractivity contribution in [3.05, 3.63) is 59.1 Å². The lowest BCUT2D eigenvalue weighted by molar-refractivity contribution is -0.148. The van der Waals surface area contributed by atoms with Gasteiger partial charge in [-0.15, -0.1) is 0 Å². The van der Waals surface area contributed by atoms with Crippen molar-refractivity contribution in [3.63, 3.8) is 0 Å². The van der Waals surface area contributed by atoms with Crippen LogP contribution in [0.15, 0.2) is 42.9 Å². The van der Waals surface area contributed by atoms with E-state index < -0.39 is 0 Å². The number of nitrogens with one attached hydrogen (secondary N) is 2. The lowest BCUT2D eigenvalue weighted by Gasteiger charge is -2.18. The van der Waals surface area contributed by atoms with Crippen LogP contribution < -0.4 is 10.9 Å². The van der Waals surface area contributed by atoms with E-state index in [4.69, 9.17) is 16.3 Å². The van der Waals surface area contributed by atoms with Crippen molar-refractivity contribution in [2.75, 3.05) is 13.2 Å². The maximum Gasteiger partial charge on any atom is 0.312 e. The third-order valence-corrected chi connectivity index (χ3v) is 4.09. The van der Waals surface area contributed by atoms with Crippen LogP contribution in [-0.4, -0.2) is 29.1 Å². The van der Waals surface area contributed by atoms with Crippen LogP contribution in [0.2, 0.25) is 5.02 Å². The molecule has 2 heterocycles. The molecular weight excluding hydrogens is 316 g/mol. The van der Waals surface area contributed by atoms with Gasteiger partial charge in [0.25, 0.3) is 0 Å². The molecule has 0 aliphatic carbocycles. The molecule has 7 heteroatoms. The summed E-state index contributed by atoms with van der Waals surface area (Å²) in [6, 6.07) is 7.29. The molecule has 0 amide bonds. The zero-order valence-corrected chi connectivity index (χ0v) is 13.2. The number of ether oxygens (including phenoxy) is 1. The quantitative estimate of drug-likeness (QED) is 0.811. The first kappa shape index (κ1) is 15.9. The second-order valence-corrected chi connectivity index (χ2v) is 5.65. The summed E-state index contributed by atoms with van der Waals surface area (Å²) in [5.74, 6) is -0.576. The number of hydrogen-bond donors (Lipinski definition) is 2. The summed E-state index contributed by atoms with van der Waals surface area (Å²) >= 11 is 6.22. The van der Waals surface area contributed by atoms with Gasteiger partial charge < -0.3 is 4.74 Å². The molecule has 120 valence electrons. The Hall–Kier alpha value is -2.02. The first-order valence-electron chi connectivity index (χ1n) is 7.40. The zero-order valence-electron chi connectivity index (χ0n) is 12.4. The van der Waals surface area contributed by atoms with Gasteiger partial charge in [-0.25, -0.2) is 5.43 Å². The monoisotopic (exact) mass is 332 g/mol. The average molecular weight is 333 g/mol. The minimum atomic E-state index is -0.322. The molecule has 1 aliphatic heterocycles. The van der Waals surface area contributed by atoms with Crippen molar-refractivity contribution >= 4 is 17.6 Å². The van der Waals surface area contributed by atoms with Crippen LogP contribution >= 0.6 is 11.6 Å². The van der Waals surface area contributed by atoms with E-state index in [0.29, 0.717) is 18.0 Å². The number of esters is 1. The fourth-order valence-corrected chi connectivity index (χ4v) is 2.81. The van der Waals surface area contributed by atoms with Gasteiger partial charge in [0, 0.05) is 36.6 Å². The van der Waals surface area contributed by atoms with Gasteiger partial charge in [-0.3, -0.25) is 20.2 Å². The van der Waals surface area contributed by atoms with Crippen LogP contribution in [0.1, 0.15) is 17.3 Å². The molecule has 2 N–H and O–H groups in total. The van der Waals surface area contributed by atoms with Gasteiger partial charge >= 0.3 is 5.97 Å². The molecule has 1 fully saturated rings. The Labute approximate surface area is 139 Å². The van der Waals surface area contributed by atoms with Crippen LogP contribution in [0.5, 0.6) is 0 Å². The van der Waals surface area contributed by atoms with Gasteiger partial charge in [0.2, 0.25) is 0 Å². The Kier molecular flexibility index (Phi) is 5.17. The predicted molar refractivity (Wildman–Crippen MR) is 85.5 cm³/mol. The molecule has 6 nitrogen and oxygen atoms in total. The number of benzene rings is 1. The summed E-state index contributed by atoms with van der Waals surface area (Å²) < 4.78 is 5.39. The molecule has 23 heavy (non-hydrogen) atoms. The SMILES string of the molecule is O=C(OCCc1cnccn1)C1CNNC1c1ccccc1Cl. The topological polar surface area (TPSA) is 76.1 Å². The molecule has 2 atom stereocenters. The molecule has 0 saturated carbocycles. The fourth-order valence-electron chi connectivity index (χ4n) is 2.56. The fraction of sp³-hybridized carbons (Fsp3) is 0.312. The van der Waals surface area contributed by atoms with Crippen LogP contribution in [-0.2, 0) is 16.0 Å². The average Bonchev–Trinajstić information content (AvgIpc) is 3.06. The van der Waals surface area contributed by atoms with Crippen molar-refractivity contribution < 1.29 is 9.53 Å². The van der Waals surface area contributed by atoms with E-state index in [1.165, 1.54) is 0 Å². The van der Waals surface area contributed by atoms with Gasteiger partial charge in [0.05, 0.1) is 24.3 Å². The predicted octanol–water partition coefficient (Wildman–Crippen LogP) is 1.68. The number of halogens is 1. The van der Waals surface area contributed by atoms with E-state index >= 15 is 0 Å². The summed E-state index contributed by atoms with van der Waals surface area (Å²) in [7, 11) is 0. The summed E-state index contributed by atoms with van der Waals surface area (Å²) in [5, 5.41) is 0.631. The highest BCUT2D eigenvalue weighted by atomic mass is 35.5. The van der Waals surface area contributed by atoms with Crippen LogP contribution in [0.4, 0.5) is 0 Å². The minimum absolute atomic E-state index is 0.201. The maximum atomic E-state index is 12.3. The van der Waals surface area contributed by atoms with E-state index in [2.05, 4.69) is 20.8 Å². The van der Waals surface area contributed by atoms with Gasteiger partial charge in [0.1, 0.15) is 0 Å². The lowest BCUT2D eigenvalue weighted by Crippen LogP contribution is -2.27. The van der Waals surface area contributed by atoms with Gasteiger partial charge in [-0.1, -0.05) is 29.8 Å². The maximum absolute atomic E-state index is 12.3. The normalized spacial score (nSPS) is 20.4. The Morgan fingerprint density at radius 1 is 1.35 bits per heavy atom. The number of rotatable bonds is 5. The summed E-state index contributed by atoms with van der Waals surface area (Å²) in [4.78, 5) is 20.5. The highest BCUT2D eigenvalue weighted by Gasteiger charge is 2.36. The van der Waals surface area contributed by atoms with Crippen molar-refractivity contribution in [3.8, 4) is 0 Å². The van der Waals surface area contributed by atoms with Gasteiger partial charge in [-0.05, 0) is 11.6 Å². The van der Waals surface area contributed by atoms with E-state index in [9.17, 15) is 4.79 Å².